The van der Waals surface area contributed by atoms with Crippen LogP contribution in [0.1, 0.15) is 28.8 Å². The average Bonchev–Trinajstić information content (AvgIpc) is 3.33. The van der Waals surface area contributed by atoms with Crippen molar-refractivity contribution in [3.8, 4) is 11.5 Å². The van der Waals surface area contributed by atoms with Crippen LogP contribution in [-0.2, 0) is 38.0 Å². The number of nitrogens with one attached hydrogen (secondary N) is 1. The number of carbonyl (C=O) groups is 1. The van der Waals surface area contributed by atoms with Gasteiger partial charge in [0.2, 0.25) is 9.84 Å². The second-order valence-electron chi connectivity index (χ2n) is 8.61. The molecule has 0 aliphatic carbocycles. The number of aryl methyl sites for hydroxylation is 2. The Morgan fingerprint density at radius 2 is 1.79 bits per heavy atom. The van der Waals surface area contributed by atoms with E-state index in [0.29, 0.717) is 22.5 Å². The van der Waals surface area contributed by atoms with Crippen molar-refractivity contribution < 1.29 is 32.3 Å². The molecule has 0 saturated carbocycles. The third-order valence-corrected chi connectivity index (χ3v) is 9.13. The van der Waals surface area contributed by atoms with Gasteiger partial charge in [-0.3, -0.25) is 14.8 Å². The maximum Gasteiger partial charge on any atom is 0.322 e. The monoisotopic (exact) mass is 580 g/mol. The van der Waals surface area contributed by atoms with Gasteiger partial charge < -0.3 is 19.1 Å². The van der Waals surface area contributed by atoms with E-state index in [-0.39, 0.29) is 74.4 Å². The van der Waals surface area contributed by atoms with Crippen molar-refractivity contribution in [3.63, 3.8) is 0 Å². The Labute approximate surface area is 251 Å². The number of carboxylic acids is 1. The predicted octanol–water partition coefficient (Wildman–Crippen LogP) is 3.37. The van der Waals surface area contributed by atoms with E-state index in [2.05, 4.69) is 15.0 Å². The van der Waals surface area contributed by atoms with Gasteiger partial charge in [-0.2, -0.15) is 4.98 Å². The van der Waals surface area contributed by atoms with Crippen LogP contribution in [-0.4, -0.2) is 82.8 Å². The van der Waals surface area contributed by atoms with E-state index >= 15 is 0 Å². The number of rotatable bonds is 10. The van der Waals surface area contributed by atoms with Crippen molar-refractivity contribution in [3.05, 3.63) is 65.0 Å². The summed E-state index contributed by atoms with van der Waals surface area (Å²) in [5.41, 5.74) is 3.41. The van der Waals surface area contributed by atoms with Crippen LogP contribution in [0.5, 0.6) is 11.5 Å². The molecule has 0 aliphatic rings. The van der Waals surface area contributed by atoms with Crippen LogP contribution >= 0.6 is 0 Å². The largest absolute Gasteiger partial charge is 0.609 e. The molecule has 1 radical (unpaired) electrons. The molecule has 2 aromatic carbocycles. The Balaban J connectivity index is 0.00000420. The number of hydrogen-bond donors (Lipinski definition) is 2. The summed E-state index contributed by atoms with van der Waals surface area (Å²) in [5, 5.41) is 8.99. The molecule has 0 spiro atoms. The van der Waals surface area contributed by atoms with Gasteiger partial charge in [0.05, 0.1) is 35.8 Å². The van der Waals surface area contributed by atoms with Crippen molar-refractivity contribution in [2.24, 2.45) is 0 Å². The van der Waals surface area contributed by atoms with E-state index in [0.717, 1.165) is 11.1 Å². The normalized spacial score (nSPS) is 12.1. The smallest absolute Gasteiger partial charge is 0.322 e. The summed E-state index contributed by atoms with van der Waals surface area (Å²) in [6, 6.07) is 9.12. The first-order valence-electron chi connectivity index (χ1n) is 11.6. The molecule has 1 unspecified atom stereocenters. The standard InChI is InChI=1S/C26H27N3O7S2.Na/c1-15-13-27-20(16(2)24(15)36-4)14-37(32)26-28-19-10-11-21(35-3)25(23(19)29-26)38(33,34)18-8-5-17(6-9-18)7-12-22(30)31;/h5-6,8-11,13H,7,12,14H2,1-4H3,(H,28,29)(H,30,31);. The quantitative estimate of drug-likeness (QED) is 0.212. The van der Waals surface area contributed by atoms with Crippen molar-refractivity contribution in [2.75, 3.05) is 14.2 Å². The van der Waals surface area contributed by atoms with E-state index in [1.54, 1.807) is 31.5 Å². The fourth-order valence-electron chi connectivity index (χ4n) is 4.16. The second-order valence-corrected chi connectivity index (χ2v) is 11.9. The van der Waals surface area contributed by atoms with E-state index in [9.17, 15) is 17.8 Å². The van der Waals surface area contributed by atoms with Gasteiger partial charge in [0, 0.05) is 64.5 Å². The van der Waals surface area contributed by atoms with Gasteiger partial charge in [-0.05, 0) is 50.1 Å². The molecule has 0 amide bonds. The molecular formula is C26H27N3NaO7S2. The number of imidazole rings is 1. The van der Waals surface area contributed by atoms with Crippen molar-refractivity contribution in [1.82, 2.24) is 15.0 Å². The van der Waals surface area contributed by atoms with Gasteiger partial charge >= 0.3 is 11.1 Å². The van der Waals surface area contributed by atoms with Gasteiger partial charge in [-0.1, -0.05) is 12.1 Å². The van der Waals surface area contributed by atoms with Crippen molar-refractivity contribution in [2.45, 2.75) is 47.4 Å². The van der Waals surface area contributed by atoms with Gasteiger partial charge in [-0.25, -0.2) is 8.42 Å². The van der Waals surface area contributed by atoms with Crippen LogP contribution in [0.2, 0.25) is 0 Å². The maximum absolute atomic E-state index is 13.7. The molecule has 0 aliphatic heterocycles. The number of methoxy groups -OCH3 is 2. The summed E-state index contributed by atoms with van der Waals surface area (Å²) < 4.78 is 51.5. The van der Waals surface area contributed by atoms with Crippen molar-refractivity contribution >= 4 is 67.6 Å². The molecule has 2 heterocycles. The van der Waals surface area contributed by atoms with Crippen LogP contribution in [0, 0.1) is 13.8 Å². The van der Waals surface area contributed by atoms with Crippen LogP contribution in [0.4, 0.5) is 0 Å². The van der Waals surface area contributed by atoms with Crippen LogP contribution in [0.15, 0.2) is 57.5 Å². The third kappa shape index (κ3) is 6.42. The summed E-state index contributed by atoms with van der Waals surface area (Å²) in [6.45, 7) is 3.71. The molecule has 2 N–H and O–H groups in total. The Morgan fingerprint density at radius 1 is 1.10 bits per heavy atom. The first kappa shape index (κ1) is 30.9. The number of hydrogen-bond acceptors (Lipinski definition) is 8. The number of nitrogens with zero attached hydrogens (tertiary/aromatic N) is 2. The molecule has 0 fully saturated rings. The Kier molecular flexibility index (Phi) is 10.1. The molecule has 0 saturated heterocycles. The molecule has 2 aromatic heterocycles. The number of benzene rings is 2. The number of aliphatic carboxylic acids is 1. The number of pyridine rings is 1. The minimum Gasteiger partial charge on any atom is -0.609 e. The average molecular weight is 581 g/mol. The molecule has 10 nitrogen and oxygen atoms in total. The zero-order valence-corrected chi connectivity index (χ0v) is 25.9. The fraction of sp³-hybridized carbons (Fsp3) is 0.269. The minimum absolute atomic E-state index is 0. The summed E-state index contributed by atoms with van der Waals surface area (Å²) in [4.78, 5) is 22.5. The van der Waals surface area contributed by atoms with E-state index in [4.69, 9.17) is 14.6 Å². The summed E-state index contributed by atoms with van der Waals surface area (Å²) in [5.74, 6) is -0.102. The molecular weight excluding hydrogens is 553 g/mol. The number of carboxylic acid groups (broad SMARTS) is 1. The molecule has 4 aromatic rings. The molecule has 4 rings (SSSR count). The van der Waals surface area contributed by atoms with E-state index in [1.807, 2.05) is 13.8 Å². The van der Waals surface area contributed by atoms with Crippen LogP contribution in [0.3, 0.4) is 0 Å². The van der Waals surface area contributed by atoms with Gasteiger partial charge in [0.15, 0.2) is 5.75 Å². The Morgan fingerprint density at radius 3 is 2.41 bits per heavy atom. The predicted molar refractivity (Wildman–Crippen MR) is 147 cm³/mol. The first-order valence-corrected chi connectivity index (χ1v) is 14.4. The number of aromatic nitrogens is 3. The van der Waals surface area contributed by atoms with Crippen molar-refractivity contribution in [1.29, 1.82) is 0 Å². The number of aromatic amines is 1. The summed E-state index contributed by atoms with van der Waals surface area (Å²) in [7, 11) is -1.16. The number of sulfone groups is 1. The zero-order valence-electron chi connectivity index (χ0n) is 22.3. The Bertz CT molecular complexity index is 1610. The minimum atomic E-state index is -4.09. The molecule has 1 atom stereocenters. The number of ether oxygens (including phenoxy) is 2. The fourth-order valence-corrected chi connectivity index (χ4v) is 6.82. The van der Waals surface area contributed by atoms with E-state index < -0.39 is 27.0 Å². The first-order chi connectivity index (χ1) is 18.1. The summed E-state index contributed by atoms with van der Waals surface area (Å²) >= 11 is -1.66. The van der Waals surface area contributed by atoms with Crippen LogP contribution in [0.25, 0.3) is 11.0 Å². The molecule has 39 heavy (non-hydrogen) atoms. The SMILES string of the molecule is COc1ccc2nc([S+]([O-])Cc3ncc(C)c(OC)c3C)[nH]c2c1S(=O)(=O)c1ccc(CCC(=O)O)cc1.[Na]. The van der Waals surface area contributed by atoms with Gasteiger partial charge in [0.1, 0.15) is 16.4 Å². The summed E-state index contributed by atoms with van der Waals surface area (Å²) in [6.07, 6.45) is 1.88. The number of fused-ring (bicyclic) bond motifs is 1. The Hall–Kier alpha value is -2.61. The van der Waals surface area contributed by atoms with E-state index in [1.165, 1.54) is 25.3 Å². The maximum atomic E-state index is 13.7. The van der Waals surface area contributed by atoms with Gasteiger partial charge in [-0.15, -0.1) is 0 Å². The van der Waals surface area contributed by atoms with Gasteiger partial charge in [0.25, 0.3) is 0 Å². The third-order valence-electron chi connectivity index (χ3n) is 6.14. The topological polar surface area (TPSA) is 155 Å². The molecule has 0 bridgehead atoms. The molecule has 201 valence electrons. The number of H-pyrrole nitrogens is 1. The zero-order chi connectivity index (χ0) is 27.6. The second kappa shape index (κ2) is 12.7. The molecule has 13 heteroatoms. The van der Waals surface area contributed by atoms with Crippen LogP contribution < -0.4 is 9.47 Å².